The number of methoxy groups -OCH3 is 1. The average Bonchev–Trinajstić information content (AvgIpc) is 2.54. The Morgan fingerprint density at radius 2 is 2.16 bits per heavy atom. The summed E-state index contributed by atoms with van der Waals surface area (Å²) in [5.74, 6) is 2.90. The third-order valence-electron chi connectivity index (χ3n) is 3.69. The molecule has 0 fully saturated rings. The third-order valence-corrected chi connectivity index (χ3v) is 4.15. The minimum Gasteiger partial charge on any atom is -0.495 e. The predicted molar refractivity (Wildman–Crippen MR) is 78.9 cm³/mol. The molecule has 0 N–H and O–H groups in total. The summed E-state index contributed by atoms with van der Waals surface area (Å²) in [6, 6.07) is 7.96. The zero-order chi connectivity index (χ0) is 13.5. The Balaban J connectivity index is 2.27. The lowest BCUT2D eigenvalue weighted by Crippen LogP contribution is -2.32. The minimum absolute atomic E-state index is 0.468. The smallest absolute Gasteiger partial charge is 0.140 e. The van der Waals surface area contributed by atoms with Crippen LogP contribution in [-0.4, -0.2) is 19.1 Å². The number of allylic oxidation sites excluding steroid dienone is 2. The summed E-state index contributed by atoms with van der Waals surface area (Å²) in [6.07, 6.45) is 3.62. The van der Waals surface area contributed by atoms with Crippen LogP contribution in [0.1, 0.15) is 12.5 Å². The van der Waals surface area contributed by atoms with Gasteiger partial charge in [-0.05, 0) is 13.0 Å². The van der Waals surface area contributed by atoms with Crippen LogP contribution in [0.25, 0.3) is 0 Å². The first-order chi connectivity index (χ1) is 9.21. The van der Waals surface area contributed by atoms with Crippen LogP contribution in [0.4, 0.5) is 0 Å². The van der Waals surface area contributed by atoms with E-state index in [1.165, 1.54) is 0 Å². The number of aliphatic imine (C=N–C) groups is 1. The predicted octanol–water partition coefficient (Wildman–Crippen LogP) is 3.09. The van der Waals surface area contributed by atoms with Crippen LogP contribution < -0.4 is 4.74 Å². The van der Waals surface area contributed by atoms with Gasteiger partial charge < -0.3 is 9.47 Å². The van der Waals surface area contributed by atoms with E-state index in [-0.39, 0.29) is 0 Å². The number of ether oxygens (including phenoxy) is 2. The summed E-state index contributed by atoms with van der Waals surface area (Å²) in [5.41, 5.74) is 1.64. The molecular formula is C15H15NO2S. The highest BCUT2D eigenvalue weighted by molar-refractivity contribution is 7.80. The fourth-order valence-corrected chi connectivity index (χ4v) is 2.99. The van der Waals surface area contributed by atoms with Gasteiger partial charge in [0.15, 0.2) is 0 Å². The minimum atomic E-state index is -0.468. The van der Waals surface area contributed by atoms with Crippen molar-refractivity contribution in [1.29, 1.82) is 0 Å². The van der Waals surface area contributed by atoms with Crippen LogP contribution >= 0.6 is 12.6 Å². The number of fused-ring (bicyclic) bond motifs is 3. The molecule has 4 heteroatoms. The van der Waals surface area contributed by atoms with E-state index in [0.717, 1.165) is 22.6 Å². The Labute approximate surface area is 118 Å². The zero-order valence-corrected chi connectivity index (χ0v) is 11.8. The molecule has 0 aromatic heterocycles. The van der Waals surface area contributed by atoms with Gasteiger partial charge in [0.1, 0.15) is 22.8 Å². The monoisotopic (exact) mass is 273 g/mol. The summed E-state index contributed by atoms with van der Waals surface area (Å²) in [4.78, 5) is 4.74. The largest absolute Gasteiger partial charge is 0.495 e. The van der Waals surface area contributed by atoms with E-state index in [0.29, 0.717) is 11.5 Å². The molecule has 1 unspecified atom stereocenters. The third kappa shape index (κ3) is 1.70. The van der Waals surface area contributed by atoms with Gasteiger partial charge in [-0.2, -0.15) is 12.6 Å². The molecule has 3 nitrogen and oxygen atoms in total. The van der Waals surface area contributed by atoms with E-state index >= 15 is 0 Å². The molecule has 1 aromatic rings. The maximum Gasteiger partial charge on any atom is 0.140 e. The first-order valence-corrected chi connectivity index (χ1v) is 6.75. The van der Waals surface area contributed by atoms with Crippen LogP contribution in [0.15, 0.2) is 52.4 Å². The molecule has 19 heavy (non-hydrogen) atoms. The fraction of sp³-hybridized carbons (Fsp3) is 0.267. The van der Waals surface area contributed by atoms with Crippen molar-refractivity contribution in [2.45, 2.75) is 12.5 Å². The van der Waals surface area contributed by atoms with Crippen LogP contribution in [0.3, 0.4) is 0 Å². The summed E-state index contributed by atoms with van der Waals surface area (Å²) in [5, 5.41) is 0. The maximum absolute atomic E-state index is 5.96. The number of benzene rings is 1. The Bertz CT molecular complexity index is 618. The van der Waals surface area contributed by atoms with Gasteiger partial charge in [-0.15, -0.1) is 0 Å². The molecule has 0 saturated carbocycles. The molecule has 0 amide bonds. The molecule has 2 bridgehead atoms. The van der Waals surface area contributed by atoms with Gasteiger partial charge in [0.2, 0.25) is 0 Å². The van der Waals surface area contributed by atoms with Crippen LogP contribution in [0.2, 0.25) is 0 Å². The maximum atomic E-state index is 5.96. The summed E-state index contributed by atoms with van der Waals surface area (Å²) in [6.45, 7) is 2.04. The van der Waals surface area contributed by atoms with Crippen LogP contribution in [0.5, 0.6) is 5.75 Å². The van der Waals surface area contributed by atoms with Crippen molar-refractivity contribution in [3.05, 3.63) is 53.0 Å². The van der Waals surface area contributed by atoms with Crippen molar-refractivity contribution in [2.75, 3.05) is 12.9 Å². The number of rotatable bonds is 2. The number of hydrogen-bond acceptors (Lipinski definition) is 4. The molecule has 3 rings (SSSR count). The first kappa shape index (κ1) is 12.4. The Morgan fingerprint density at radius 3 is 2.89 bits per heavy atom. The normalized spacial score (nSPS) is 24.3. The molecular weight excluding hydrogens is 258 g/mol. The second-order valence-corrected chi connectivity index (χ2v) is 4.93. The van der Waals surface area contributed by atoms with Gasteiger partial charge in [-0.25, -0.2) is 0 Å². The van der Waals surface area contributed by atoms with Gasteiger partial charge >= 0.3 is 0 Å². The Morgan fingerprint density at radius 1 is 1.37 bits per heavy atom. The summed E-state index contributed by atoms with van der Waals surface area (Å²) >= 11 is 4.53. The van der Waals surface area contributed by atoms with Gasteiger partial charge in [0.05, 0.1) is 13.3 Å². The second-order valence-electron chi connectivity index (χ2n) is 4.61. The molecule has 2 heterocycles. The highest BCUT2D eigenvalue weighted by atomic mass is 32.1. The van der Waals surface area contributed by atoms with Crippen molar-refractivity contribution in [3.63, 3.8) is 0 Å². The number of hydrogen-bond donors (Lipinski definition) is 1. The molecule has 1 aromatic carbocycles. The Hall–Kier alpha value is -1.68. The molecule has 0 aliphatic carbocycles. The molecule has 1 atom stereocenters. The topological polar surface area (TPSA) is 30.8 Å². The second kappa shape index (κ2) is 4.46. The van der Waals surface area contributed by atoms with Crippen molar-refractivity contribution in [1.82, 2.24) is 0 Å². The lowest BCUT2D eigenvalue weighted by atomic mass is 9.82. The summed E-state index contributed by atoms with van der Waals surface area (Å²) < 4.78 is 11.3. The summed E-state index contributed by atoms with van der Waals surface area (Å²) in [7, 11) is 1.63. The number of thiol groups is 1. The molecule has 0 spiro atoms. The van der Waals surface area contributed by atoms with Gasteiger partial charge in [-0.3, -0.25) is 4.99 Å². The Kier molecular flexibility index (Phi) is 2.90. The van der Waals surface area contributed by atoms with E-state index in [4.69, 9.17) is 14.5 Å². The van der Waals surface area contributed by atoms with E-state index in [1.807, 2.05) is 37.3 Å². The lowest BCUT2D eigenvalue weighted by molar-refractivity contribution is 0.313. The van der Waals surface area contributed by atoms with Gasteiger partial charge in [0.25, 0.3) is 0 Å². The van der Waals surface area contributed by atoms with Crippen molar-refractivity contribution >= 4 is 18.8 Å². The van der Waals surface area contributed by atoms with E-state index < -0.39 is 5.54 Å². The van der Waals surface area contributed by atoms with E-state index in [9.17, 15) is 0 Å². The first-order valence-electron chi connectivity index (χ1n) is 6.12. The standard InChI is InChI=1S/C15H15NO2S/c1-10-14-7-11(17-2)8-16-15(10,9-19)12-5-3-4-6-13(12)18-14/h3-8,19H,9H2,1-2H3. The molecule has 2 aliphatic heterocycles. The number of para-hydroxylation sites is 1. The van der Waals surface area contributed by atoms with Crippen LogP contribution in [-0.2, 0) is 10.3 Å². The highest BCUT2D eigenvalue weighted by Gasteiger charge is 2.41. The average molecular weight is 273 g/mol. The SMILES string of the molecule is COC1=CC2=C(C)C(CS)(N=C1)c1ccccc1O2. The van der Waals surface area contributed by atoms with E-state index in [1.54, 1.807) is 13.3 Å². The van der Waals surface area contributed by atoms with Gasteiger partial charge in [-0.1, -0.05) is 18.2 Å². The molecule has 98 valence electrons. The quantitative estimate of drug-likeness (QED) is 0.839. The van der Waals surface area contributed by atoms with Crippen molar-refractivity contribution < 1.29 is 9.47 Å². The number of nitrogens with zero attached hydrogens (tertiary/aromatic N) is 1. The van der Waals surface area contributed by atoms with E-state index in [2.05, 4.69) is 12.6 Å². The zero-order valence-electron chi connectivity index (χ0n) is 10.9. The molecule has 0 radical (unpaired) electrons. The van der Waals surface area contributed by atoms with Crippen molar-refractivity contribution in [2.24, 2.45) is 4.99 Å². The highest BCUT2D eigenvalue weighted by Crippen LogP contribution is 2.46. The lowest BCUT2D eigenvalue weighted by Gasteiger charge is -2.35. The molecule has 2 aliphatic rings. The molecule has 0 saturated heterocycles. The van der Waals surface area contributed by atoms with Gasteiger partial charge in [0, 0.05) is 23.0 Å². The fourth-order valence-electron chi connectivity index (χ4n) is 2.50. The van der Waals surface area contributed by atoms with Crippen LogP contribution in [0, 0.1) is 0 Å². The van der Waals surface area contributed by atoms with Crippen molar-refractivity contribution in [3.8, 4) is 5.75 Å².